The van der Waals surface area contributed by atoms with E-state index in [1.54, 1.807) is 0 Å². The number of hydrogen-bond acceptors (Lipinski definition) is 3. The third kappa shape index (κ3) is 5.36. The van der Waals surface area contributed by atoms with Crippen LogP contribution in [0.2, 0.25) is 0 Å². The van der Waals surface area contributed by atoms with Crippen molar-refractivity contribution >= 4 is 60.9 Å². The molecule has 9 aromatic carbocycles. The summed E-state index contributed by atoms with van der Waals surface area (Å²) < 4.78 is 12.7. The first-order valence-corrected chi connectivity index (χ1v) is 20.7. The lowest BCUT2D eigenvalue weighted by Gasteiger charge is -2.28. The van der Waals surface area contributed by atoms with Crippen LogP contribution in [0, 0.1) is 0 Å². The van der Waals surface area contributed by atoms with Crippen molar-refractivity contribution in [2.24, 2.45) is 0 Å². The molecular weight excluding hydrogens is 731 g/mol. The van der Waals surface area contributed by atoms with E-state index in [4.69, 9.17) is 8.83 Å². The summed E-state index contributed by atoms with van der Waals surface area (Å²) in [5, 5.41) is 4.44. The summed E-state index contributed by atoms with van der Waals surface area (Å²) in [6.45, 7) is 4.69. The summed E-state index contributed by atoms with van der Waals surface area (Å²) in [6, 6.07) is 72.0. The van der Waals surface area contributed by atoms with Crippen LogP contribution in [-0.2, 0) is 5.41 Å². The van der Waals surface area contributed by atoms with Crippen molar-refractivity contribution in [3.8, 4) is 44.5 Å². The molecule has 0 atom stereocenters. The zero-order chi connectivity index (χ0) is 40.0. The molecule has 0 saturated heterocycles. The molecule has 0 spiro atoms. The predicted molar refractivity (Wildman–Crippen MR) is 250 cm³/mol. The first-order chi connectivity index (χ1) is 29.5. The topological polar surface area (TPSA) is 29.5 Å². The lowest BCUT2D eigenvalue weighted by molar-refractivity contribution is 0.660. The fraction of sp³-hybridized carbons (Fsp3) is 0.0526. The monoisotopic (exact) mass is 769 g/mol. The highest BCUT2D eigenvalue weighted by molar-refractivity contribution is 6.11. The van der Waals surface area contributed by atoms with Gasteiger partial charge in [-0.25, -0.2) is 0 Å². The number of furan rings is 2. The number of nitrogens with zero attached hydrogens (tertiary/aromatic N) is 1. The largest absolute Gasteiger partial charge is 0.456 e. The molecule has 3 nitrogen and oxygen atoms in total. The van der Waals surface area contributed by atoms with Gasteiger partial charge in [0.05, 0.1) is 0 Å². The second-order valence-corrected chi connectivity index (χ2v) is 16.5. The minimum atomic E-state index is -0.119. The molecule has 0 unspecified atom stereocenters. The zero-order valence-corrected chi connectivity index (χ0v) is 33.3. The molecule has 0 bridgehead atoms. The smallest absolute Gasteiger partial charge is 0.136 e. The highest BCUT2D eigenvalue weighted by Gasteiger charge is 2.35. The summed E-state index contributed by atoms with van der Waals surface area (Å²) in [7, 11) is 0. The third-order valence-corrected chi connectivity index (χ3v) is 12.7. The van der Waals surface area contributed by atoms with Gasteiger partial charge >= 0.3 is 0 Å². The summed E-state index contributed by atoms with van der Waals surface area (Å²) in [5.41, 5.74) is 18.9. The van der Waals surface area contributed by atoms with E-state index < -0.39 is 0 Å². The average molecular weight is 770 g/mol. The Balaban J connectivity index is 1.01. The van der Waals surface area contributed by atoms with Crippen LogP contribution in [0.15, 0.2) is 209 Å². The van der Waals surface area contributed by atoms with E-state index in [0.29, 0.717) is 0 Å². The summed E-state index contributed by atoms with van der Waals surface area (Å²) in [4.78, 5) is 2.39. The first-order valence-electron chi connectivity index (χ1n) is 20.7. The highest BCUT2D eigenvalue weighted by Crippen LogP contribution is 2.51. The van der Waals surface area contributed by atoms with Crippen molar-refractivity contribution < 1.29 is 8.83 Å². The van der Waals surface area contributed by atoms with E-state index in [1.165, 1.54) is 33.4 Å². The molecule has 3 heteroatoms. The Kier molecular flexibility index (Phi) is 7.58. The van der Waals surface area contributed by atoms with Gasteiger partial charge in [0.15, 0.2) is 0 Å². The van der Waals surface area contributed by atoms with Gasteiger partial charge in [0.2, 0.25) is 0 Å². The van der Waals surface area contributed by atoms with Gasteiger partial charge in [-0.15, -0.1) is 0 Å². The molecule has 60 heavy (non-hydrogen) atoms. The van der Waals surface area contributed by atoms with Crippen LogP contribution in [-0.4, -0.2) is 0 Å². The Hall–Kier alpha value is -7.62. The van der Waals surface area contributed by atoms with Gasteiger partial charge in [-0.05, 0) is 128 Å². The van der Waals surface area contributed by atoms with Crippen molar-refractivity contribution in [1.82, 2.24) is 0 Å². The van der Waals surface area contributed by atoms with Gasteiger partial charge in [-0.3, -0.25) is 0 Å². The summed E-state index contributed by atoms with van der Waals surface area (Å²) in [6.07, 6.45) is 0. The molecule has 0 amide bonds. The van der Waals surface area contributed by atoms with Crippen molar-refractivity contribution in [1.29, 1.82) is 0 Å². The fourth-order valence-electron chi connectivity index (χ4n) is 9.64. The zero-order valence-electron chi connectivity index (χ0n) is 33.3. The number of fused-ring (bicyclic) bond motifs is 9. The van der Waals surface area contributed by atoms with Crippen LogP contribution in [0.1, 0.15) is 25.0 Å². The Morgan fingerprint density at radius 2 is 0.833 bits per heavy atom. The van der Waals surface area contributed by atoms with E-state index in [9.17, 15) is 0 Å². The Bertz CT molecular complexity index is 3440. The lowest BCUT2D eigenvalue weighted by atomic mass is 9.82. The summed E-state index contributed by atoms with van der Waals surface area (Å²) in [5.74, 6) is 0. The minimum absolute atomic E-state index is 0.119. The lowest BCUT2D eigenvalue weighted by Crippen LogP contribution is -2.16. The van der Waals surface area contributed by atoms with Gasteiger partial charge in [0, 0.05) is 44.0 Å². The molecule has 2 heterocycles. The first kappa shape index (κ1) is 34.4. The van der Waals surface area contributed by atoms with Gasteiger partial charge < -0.3 is 13.7 Å². The normalized spacial score (nSPS) is 13.0. The molecular formula is C57H39NO2. The van der Waals surface area contributed by atoms with E-state index in [2.05, 4.69) is 195 Å². The quantitative estimate of drug-likeness (QED) is 0.169. The maximum absolute atomic E-state index is 6.49. The molecule has 1 aliphatic carbocycles. The SMILES string of the molecule is CC1(C)c2ccccc2-c2ccc(N(c3ccc(-c4ccccc4)cc3)c3ccc(-c4cc5oc6ccccc6c5cc4-c4ccc5oc6ccccc6c5c4)cc3)cc21. The van der Waals surface area contributed by atoms with Crippen LogP contribution in [0.3, 0.4) is 0 Å². The molecule has 11 aromatic rings. The maximum atomic E-state index is 6.49. The molecule has 1 aliphatic rings. The number of para-hydroxylation sites is 2. The standard InChI is InChI=1S/C57H39NO2/c1-57(2)51-17-9-6-14-43(51)44-30-29-42(33-52(44)57)58(40-25-20-37(21-26-40)36-12-4-3-5-13-36)41-27-22-38(23-28-41)48-35-56-50(46-16-8-11-19-54(46)60-56)34-47(48)39-24-31-55-49(32-39)45-15-7-10-18-53(45)59-55/h3-35H,1-2H3. The molecule has 0 saturated carbocycles. The van der Waals surface area contributed by atoms with Crippen molar-refractivity contribution in [3.05, 3.63) is 211 Å². The predicted octanol–water partition coefficient (Wildman–Crippen LogP) is 16.3. The molecule has 0 radical (unpaired) electrons. The van der Waals surface area contributed by atoms with Crippen LogP contribution >= 0.6 is 0 Å². The number of anilines is 3. The van der Waals surface area contributed by atoms with Gasteiger partial charge in [0.25, 0.3) is 0 Å². The van der Waals surface area contributed by atoms with Crippen LogP contribution < -0.4 is 4.90 Å². The maximum Gasteiger partial charge on any atom is 0.136 e. The Morgan fingerprint density at radius 1 is 0.317 bits per heavy atom. The third-order valence-electron chi connectivity index (χ3n) is 12.7. The second-order valence-electron chi connectivity index (χ2n) is 16.5. The van der Waals surface area contributed by atoms with Crippen molar-refractivity contribution in [2.45, 2.75) is 19.3 Å². The molecule has 2 aromatic heterocycles. The van der Waals surface area contributed by atoms with E-state index >= 15 is 0 Å². The molecule has 12 rings (SSSR count). The van der Waals surface area contributed by atoms with Crippen molar-refractivity contribution in [2.75, 3.05) is 4.90 Å². The Labute approximate surface area is 348 Å². The van der Waals surface area contributed by atoms with Crippen LogP contribution in [0.5, 0.6) is 0 Å². The second kappa shape index (κ2) is 13.2. The van der Waals surface area contributed by atoms with Crippen LogP contribution in [0.4, 0.5) is 17.1 Å². The van der Waals surface area contributed by atoms with Gasteiger partial charge in [0.1, 0.15) is 22.3 Å². The number of benzene rings is 9. The minimum Gasteiger partial charge on any atom is -0.456 e. The molecule has 0 N–H and O–H groups in total. The van der Waals surface area contributed by atoms with E-state index in [0.717, 1.165) is 83.2 Å². The number of hydrogen-bond donors (Lipinski definition) is 0. The fourth-order valence-corrected chi connectivity index (χ4v) is 9.64. The van der Waals surface area contributed by atoms with Crippen molar-refractivity contribution in [3.63, 3.8) is 0 Å². The average Bonchev–Trinajstić information content (AvgIpc) is 3.93. The molecule has 284 valence electrons. The Morgan fingerprint density at radius 3 is 1.57 bits per heavy atom. The van der Waals surface area contributed by atoms with Crippen LogP contribution in [0.25, 0.3) is 88.4 Å². The summed E-state index contributed by atoms with van der Waals surface area (Å²) >= 11 is 0. The van der Waals surface area contributed by atoms with E-state index in [-0.39, 0.29) is 5.41 Å². The van der Waals surface area contributed by atoms with Gasteiger partial charge in [-0.1, -0.05) is 141 Å². The highest BCUT2D eigenvalue weighted by atomic mass is 16.3. The van der Waals surface area contributed by atoms with E-state index in [1.807, 2.05) is 24.3 Å². The van der Waals surface area contributed by atoms with Gasteiger partial charge in [-0.2, -0.15) is 0 Å². The number of rotatable bonds is 6. The molecule has 0 fully saturated rings. The molecule has 0 aliphatic heterocycles.